The lowest BCUT2D eigenvalue weighted by Gasteiger charge is -2.01. The minimum absolute atomic E-state index is 0.141. The third-order valence-electron chi connectivity index (χ3n) is 3.90. The van der Waals surface area contributed by atoms with E-state index in [0.717, 1.165) is 24.2 Å². The molecule has 0 amide bonds. The van der Waals surface area contributed by atoms with Crippen molar-refractivity contribution in [1.29, 1.82) is 0 Å². The summed E-state index contributed by atoms with van der Waals surface area (Å²) in [5.74, 6) is 0.778. The Morgan fingerprint density at radius 1 is 1.37 bits per heavy atom. The van der Waals surface area contributed by atoms with Crippen LogP contribution in [0, 0.1) is 5.92 Å². The predicted molar refractivity (Wildman–Crippen MR) is 74.2 cm³/mol. The lowest BCUT2D eigenvalue weighted by molar-refractivity contribution is 0.0956. The fourth-order valence-electron chi connectivity index (χ4n) is 2.67. The van der Waals surface area contributed by atoms with Gasteiger partial charge in [0.2, 0.25) is 0 Å². The minimum atomic E-state index is 0.141. The van der Waals surface area contributed by atoms with E-state index in [2.05, 4.69) is 24.2 Å². The average molecular weight is 254 g/mol. The number of nitrogens with zero attached hydrogens (tertiary/aromatic N) is 2. The number of hydrogen-bond acceptors (Lipinski definition) is 2. The van der Waals surface area contributed by atoms with Crippen LogP contribution in [-0.4, -0.2) is 15.6 Å². The Hall–Kier alpha value is -1.90. The van der Waals surface area contributed by atoms with E-state index >= 15 is 0 Å². The van der Waals surface area contributed by atoms with Gasteiger partial charge in [0.25, 0.3) is 0 Å². The van der Waals surface area contributed by atoms with Gasteiger partial charge in [-0.05, 0) is 30.4 Å². The molecule has 0 radical (unpaired) electrons. The lowest BCUT2D eigenvalue weighted by Crippen LogP contribution is -2.09. The molecule has 0 aliphatic heterocycles. The number of Topliss-reactive ketones (excluding diaryl/α,β-unsaturated/α-hetero) is 1. The second-order valence-corrected chi connectivity index (χ2v) is 5.22. The normalized spacial score (nSPS) is 21.4. The fraction of sp³-hybridized carbons (Fsp3) is 0.375. The molecular weight excluding hydrogens is 236 g/mol. The highest BCUT2D eigenvalue weighted by molar-refractivity contribution is 5.99. The van der Waals surface area contributed by atoms with Crippen molar-refractivity contribution in [2.24, 2.45) is 13.0 Å². The largest absolute Gasteiger partial charge is 0.292 e. The van der Waals surface area contributed by atoms with Crippen LogP contribution < -0.4 is 0 Å². The summed E-state index contributed by atoms with van der Waals surface area (Å²) >= 11 is 0. The van der Waals surface area contributed by atoms with Crippen LogP contribution in [0.2, 0.25) is 0 Å². The van der Waals surface area contributed by atoms with Crippen LogP contribution in [0.25, 0.3) is 0 Å². The molecule has 3 rings (SSSR count). The van der Waals surface area contributed by atoms with E-state index in [4.69, 9.17) is 0 Å². The van der Waals surface area contributed by atoms with E-state index < -0.39 is 0 Å². The zero-order chi connectivity index (χ0) is 13.4. The summed E-state index contributed by atoms with van der Waals surface area (Å²) in [5, 5.41) is 4.35. The van der Waals surface area contributed by atoms with Crippen molar-refractivity contribution in [2.75, 3.05) is 0 Å². The molecule has 0 N–H and O–H groups in total. The van der Waals surface area contributed by atoms with E-state index in [9.17, 15) is 4.79 Å². The van der Waals surface area contributed by atoms with Gasteiger partial charge in [-0.1, -0.05) is 37.3 Å². The number of carbonyl (C=O) groups is 1. The summed E-state index contributed by atoms with van der Waals surface area (Å²) in [6.07, 6.45) is 1.84. The predicted octanol–water partition coefficient (Wildman–Crippen LogP) is 2.97. The first-order valence-electron chi connectivity index (χ1n) is 6.82. The van der Waals surface area contributed by atoms with Crippen LogP contribution in [0.15, 0.2) is 36.4 Å². The standard InChI is InChI=1S/C16H18N2O/c1-3-12-9-15(18(2)17-12)16(19)14-10-13(14)11-7-5-4-6-8-11/h4-9,13-14H,3,10H2,1-2H3. The Morgan fingerprint density at radius 3 is 2.74 bits per heavy atom. The molecule has 1 saturated carbocycles. The number of carbonyl (C=O) groups excluding carboxylic acids is 1. The monoisotopic (exact) mass is 254 g/mol. The van der Waals surface area contributed by atoms with E-state index in [1.165, 1.54) is 5.56 Å². The van der Waals surface area contributed by atoms with Crippen molar-refractivity contribution >= 4 is 5.78 Å². The molecule has 3 heteroatoms. The molecule has 2 aromatic rings. The van der Waals surface area contributed by atoms with Gasteiger partial charge >= 0.3 is 0 Å². The molecule has 0 bridgehead atoms. The summed E-state index contributed by atoms with van der Waals surface area (Å²) in [4.78, 5) is 12.5. The number of rotatable bonds is 4. The Morgan fingerprint density at radius 2 is 2.11 bits per heavy atom. The zero-order valence-electron chi connectivity index (χ0n) is 11.3. The van der Waals surface area contributed by atoms with Crippen molar-refractivity contribution in [3.05, 3.63) is 53.3 Å². The smallest absolute Gasteiger partial charge is 0.184 e. The first-order valence-corrected chi connectivity index (χ1v) is 6.82. The topological polar surface area (TPSA) is 34.9 Å². The molecule has 19 heavy (non-hydrogen) atoms. The molecule has 1 heterocycles. The van der Waals surface area contributed by atoms with Gasteiger partial charge in [0, 0.05) is 13.0 Å². The fourth-order valence-corrected chi connectivity index (χ4v) is 2.67. The number of aromatic nitrogens is 2. The molecule has 1 aliphatic carbocycles. The lowest BCUT2D eigenvalue weighted by atomic mass is 10.1. The van der Waals surface area contributed by atoms with Gasteiger partial charge < -0.3 is 0 Å². The van der Waals surface area contributed by atoms with Gasteiger partial charge in [-0.3, -0.25) is 9.48 Å². The third kappa shape index (κ3) is 2.21. The molecular formula is C16H18N2O. The van der Waals surface area contributed by atoms with Crippen molar-refractivity contribution in [3.8, 4) is 0 Å². The summed E-state index contributed by atoms with van der Waals surface area (Å²) in [6, 6.07) is 12.2. The SMILES string of the molecule is CCc1cc(C(=O)C2CC2c2ccccc2)n(C)n1. The number of benzene rings is 1. The van der Waals surface area contributed by atoms with Crippen molar-refractivity contribution in [2.45, 2.75) is 25.7 Å². The zero-order valence-corrected chi connectivity index (χ0v) is 11.3. The molecule has 2 atom stereocenters. The second kappa shape index (κ2) is 4.65. The van der Waals surface area contributed by atoms with Crippen molar-refractivity contribution in [1.82, 2.24) is 9.78 Å². The molecule has 1 aromatic heterocycles. The molecule has 98 valence electrons. The van der Waals surface area contributed by atoms with Crippen LogP contribution in [-0.2, 0) is 13.5 Å². The Labute approximate surface area is 113 Å². The number of aryl methyl sites for hydroxylation is 2. The highest BCUT2D eigenvalue weighted by Crippen LogP contribution is 2.49. The average Bonchev–Trinajstić information content (AvgIpc) is 3.16. The van der Waals surface area contributed by atoms with Gasteiger partial charge in [-0.15, -0.1) is 0 Å². The van der Waals surface area contributed by atoms with Crippen LogP contribution in [0.5, 0.6) is 0 Å². The third-order valence-corrected chi connectivity index (χ3v) is 3.90. The molecule has 1 fully saturated rings. The minimum Gasteiger partial charge on any atom is -0.292 e. The maximum absolute atomic E-state index is 12.5. The molecule has 2 unspecified atom stereocenters. The first kappa shape index (κ1) is 12.2. The van der Waals surface area contributed by atoms with Gasteiger partial charge in [-0.2, -0.15) is 5.10 Å². The molecule has 1 aromatic carbocycles. The van der Waals surface area contributed by atoms with Crippen LogP contribution in [0.3, 0.4) is 0 Å². The van der Waals surface area contributed by atoms with Gasteiger partial charge in [0.15, 0.2) is 5.78 Å². The highest BCUT2D eigenvalue weighted by atomic mass is 16.1. The summed E-state index contributed by atoms with van der Waals surface area (Å²) < 4.78 is 1.72. The summed E-state index contributed by atoms with van der Waals surface area (Å²) in [5.41, 5.74) is 3.02. The summed E-state index contributed by atoms with van der Waals surface area (Å²) in [6.45, 7) is 2.06. The van der Waals surface area contributed by atoms with Crippen LogP contribution in [0.1, 0.15) is 41.0 Å². The Bertz CT molecular complexity index is 600. The Balaban J connectivity index is 1.78. The second-order valence-electron chi connectivity index (χ2n) is 5.22. The number of ketones is 1. The first-order chi connectivity index (χ1) is 9.20. The van der Waals surface area contributed by atoms with Crippen molar-refractivity contribution < 1.29 is 4.79 Å². The van der Waals surface area contributed by atoms with E-state index in [0.29, 0.717) is 5.92 Å². The van der Waals surface area contributed by atoms with E-state index in [-0.39, 0.29) is 11.7 Å². The Kier molecular flexibility index (Phi) is 2.97. The summed E-state index contributed by atoms with van der Waals surface area (Å²) in [7, 11) is 1.85. The van der Waals surface area contributed by atoms with Gasteiger partial charge in [-0.25, -0.2) is 0 Å². The van der Waals surface area contributed by atoms with Crippen LogP contribution >= 0.6 is 0 Å². The maximum atomic E-state index is 12.5. The van der Waals surface area contributed by atoms with Gasteiger partial charge in [0.05, 0.1) is 5.69 Å². The van der Waals surface area contributed by atoms with E-state index in [1.807, 2.05) is 31.3 Å². The van der Waals surface area contributed by atoms with E-state index in [1.54, 1.807) is 4.68 Å². The quantitative estimate of drug-likeness (QED) is 0.786. The molecule has 1 aliphatic rings. The molecule has 0 spiro atoms. The molecule has 0 saturated heterocycles. The maximum Gasteiger partial charge on any atom is 0.184 e. The van der Waals surface area contributed by atoms with Gasteiger partial charge in [0.1, 0.15) is 5.69 Å². The molecule has 3 nitrogen and oxygen atoms in total. The highest BCUT2D eigenvalue weighted by Gasteiger charge is 2.44. The van der Waals surface area contributed by atoms with Crippen LogP contribution in [0.4, 0.5) is 0 Å². The number of hydrogen-bond donors (Lipinski definition) is 0. The van der Waals surface area contributed by atoms with Crippen molar-refractivity contribution in [3.63, 3.8) is 0 Å².